The number of nitrogens with zero attached hydrogens (tertiary/aromatic N) is 2. The van der Waals surface area contributed by atoms with Gasteiger partial charge in [0.25, 0.3) is 5.69 Å². The summed E-state index contributed by atoms with van der Waals surface area (Å²) in [5, 5.41) is 11.0. The summed E-state index contributed by atoms with van der Waals surface area (Å²) in [6, 6.07) is 5.16. The van der Waals surface area contributed by atoms with Crippen LogP contribution in [0.15, 0.2) is 22.7 Å². The zero-order valence-electron chi connectivity index (χ0n) is 11.9. The van der Waals surface area contributed by atoms with E-state index in [1.807, 2.05) is 6.07 Å². The van der Waals surface area contributed by atoms with Gasteiger partial charge in [0.1, 0.15) is 0 Å². The fourth-order valence-corrected chi connectivity index (χ4v) is 3.31. The molecule has 1 aliphatic heterocycles. The van der Waals surface area contributed by atoms with Crippen molar-refractivity contribution in [2.45, 2.75) is 39.0 Å². The summed E-state index contributed by atoms with van der Waals surface area (Å²) in [6.45, 7) is 8.51. The summed E-state index contributed by atoms with van der Waals surface area (Å²) in [7, 11) is 0. The van der Waals surface area contributed by atoms with Crippen LogP contribution in [0.4, 0.5) is 5.69 Å². The van der Waals surface area contributed by atoms with Crippen LogP contribution in [0.1, 0.15) is 26.3 Å². The van der Waals surface area contributed by atoms with Crippen molar-refractivity contribution in [2.24, 2.45) is 0 Å². The van der Waals surface area contributed by atoms with Crippen molar-refractivity contribution in [3.8, 4) is 0 Å². The van der Waals surface area contributed by atoms with E-state index in [1.54, 1.807) is 6.07 Å². The van der Waals surface area contributed by atoms with E-state index in [9.17, 15) is 10.1 Å². The van der Waals surface area contributed by atoms with Gasteiger partial charge in [0.15, 0.2) is 0 Å². The zero-order chi connectivity index (χ0) is 14.9. The normalized spacial score (nSPS) is 22.7. The maximum absolute atomic E-state index is 11.0. The first kappa shape index (κ1) is 15.4. The topological polar surface area (TPSA) is 55.6 Å². The summed E-state index contributed by atoms with van der Waals surface area (Å²) < 4.78 is 6.44. The standard InChI is InChI=1S/C14H19BrN2O3/c1-10-7-16(9-14(2,3)20-10)8-11-5-4-6-12(13(11)15)17(18)19/h4-6,10H,7-9H2,1-3H3. The van der Waals surface area contributed by atoms with E-state index in [1.165, 1.54) is 6.07 Å². The van der Waals surface area contributed by atoms with Crippen LogP contribution < -0.4 is 0 Å². The Balaban J connectivity index is 2.18. The minimum Gasteiger partial charge on any atom is -0.370 e. The first-order valence-corrected chi connectivity index (χ1v) is 7.40. The molecule has 1 aromatic rings. The molecule has 1 fully saturated rings. The van der Waals surface area contributed by atoms with Gasteiger partial charge in [-0.25, -0.2) is 0 Å². The molecule has 6 heteroatoms. The Bertz CT molecular complexity index is 519. The maximum atomic E-state index is 11.0. The quantitative estimate of drug-likeness (QED) is 0.624. The third-order valence-corrected chi connectivity index (χ3v) is 4.20. The van der Waals surface area contributed by atoms with Gasteiger partial charge in [-0.15, -0.1) is 0 Å². The molecule has 0 bridgehead atoms. The van der Waals surface area contributed by atoms with E-state index >= 15 is 0 Å². The van der Waals surface area contributed by atoms with Crippen LogP contribution in [0, 0.1) is 10.1 Å². The molecule has 1 aromatic carbocycles. The molecule has 2 rings (SSSR count). The minimum absolute atomic E-state index is 0.114. The van der Waals surface area contributed by atoms with Crippen LogP contribution in [-0.4, -0.2) is 34.6 Å². The molecule has 1 atom stereocenters. The van der Waals surface area contributed by atoms with Gasteiger partial charge in [0.05, 0.1) is 21.1 Å². The van der Waals surface area contributed by atoms with Crippen molar-refractivity contribution in [1.29, 1.82) is 0 Å². The molecule has 0 aliphatic carbocycles. The van der Waals surface area contributed by atoms with Crippen LogP contribution in [0.2, 0.25) is 0 Å². The summed E-state index contributed by atoms with van der Waals surface area (Å²) in [5.74, 6) is 0. The van der Waals surface area contributed by atoms with E-state index in [0.717, 1.165) is 18.7 Å². The lowest BCUT2D eigenvalue weighted by Gasteiger charge is -2.41. The Morgan fingerprint density at radius 2 is 2.25 bits per heavy atom. The smallest absolute Gasteiger partial charge is 0.283 e. The first-order chi connectivity index (χ1) is 9.28. The Kier molecular flexibility index (Phi) is 4.46. The lowest BCUT2D eigenvalue weighted by Crippen LogP contribution is -2.51. The highest BCUT2D eigenvalue weighted by molar-refractivity contribution is 9.10. The van der Waals surface area contributed by atoms with Gasteiger partial charge in [-0.3, -0.25) is 15.0 Å². The largest absolute Gasteiger partial charge is 0.370 e. The molecule has 0 saturated carbocycles. The van der Waals surface area contributed by atoms with Crippen molar-refractivity contribution in [3.05, 3.63) is 38.3 Å². The van der Waals surface area contributed by atoms with Gasteiger partial charge in [-0.05, 0) is 42.3 Å². The van der Waals surface area contributed by atoms with Gasteiger partial charge in [0, 0.05) is 25.7 Å². The van der Waals surface area contributed by atoms with Crippen molar-refractivity contribution in [3.63, 3.8) is 0 Å². The monoisotopic (exact) mass is 342 g/mol. The molecule has 0 N–H and O–H groups in total. The predicted molar refractivity (Wildman–Crippen MR) is 80.7 cm³/mol. The number of rotatable bonds is 3. The van der Waals surface area contributed by atoms with Gasteiger partial charge >= 0.3 is 0 Å². The average molecular weight is 343 g/mol. The molecule has 0 spiro atoms. The number of nitro benzene ring substituents is 1. The Morgan fingerprint density at radius 3 is 2.85 bits per heavy atom. The molecular formula is C14H19BrN2O3. The van der Waals surface area contributed by atoms with Gasteiger partial charge in [0.2, 0.25) is 0 Å². The fraction of sp³-hybridized carbons (Fsp3) is 0.571. The van der Waals surface area contributed by atoms with Crippen LogP contribution >= 0.6 is 15.9 Å². The third-order valence-electron chi connectivity index (χ3n) is 3.29. The van der Waals surface area contributed by atoms with Crippen molar-refractivity contribution in [2.75, 3.05) is 13.1 Å². The Labute approximate surface area is 127 Å². The number of halogens is 1. The van der Waals surface area contributed by atoms with E-state index in [4.69, 9.17) is 4.74 Å². The molecule has 0 radical (unpaired) electrons. The van der Waals surface area contributed by atoms with Gasteiger partial charge in [-0.2, -0.15) is 0 Å². The Hall–Kier alpha value is -0.980. The average Bonchev–Trinajstić information content (AvgIpc) is 2.28. The molecule has 0 amide bonds. The van der Waals surface area contributed by atoms with Crippen LogP contribution in [0.3, 0.4) is 0 Å². The molecular weight excluding hydrogens is 324 g/mol. The number of hydrogen-bond acceptors (Lipinski definition) is 4. The highest BCUT2D eigenvalue weighted by Crippen LogP contribution is 2.30. The maximum Gasteiger partial charge on any atom is 0.283 e. The zero-order valence-corrected chi connectivity index (χ0v) is 13.5. The van der Waals surface area contributed by atoms with Crippen molar-refractivity contribution < 1.29 is 9.66 Å². The van der Waals surface area contributed by atoms with Crippen molar-refractivity contribution in [1.82, 2.24) is 4.90 Å². The molecule has 1 saturated heterocycles. The van der Waals surface area contributed by atoms with E-state index in [0.29, 0.717) is 11.0 Å². The van der Waals surface area contributed by atoms with E-state index < -0.39 is 0 Å². The minimum atomic E-state index is -0.362. The first-order valence-electron chi connectivity index (χ1n) is 6.60. The number of hydrogen-bond donors (Lipinski definition) is 0. The van der Waals surface area contributed by atoms with E-state index in [2.05, 4.69) is 41.6 Å². The second-order valence-electron chi connectivity index (χ2n) is 5.87. The van der Waals surface area contributed by atoms with Gasteiger partial charge in [-0.1, -0.05) is 12.1 Å². The number of nitro groups is 1. The number of benzene rings is 1. The highest BCUT2D eigenvalue weighted by Gasteiger charge is 2.31. The summed E-state index contributed by atoms with van der Waals surface area (Å²) >= 11 is 3.35. The molecule has 110 valence electrons. The SMILES string of the molecule is CC1CN(Cc2cccc([N+](=O)[O-])c2Br)CC(C)(C)O1. The lowest BCUT2D eigenvalue weighted by atomic mass is 10.0. The predicted octanol–water partition coefficient (Wildman–Crippen LogP) is 3.36. The Morgan fingerprint density at radius 1 is 1.55 bits per heavy atom. The van der Waals surface area contributed by atoms with Crippen LogP contribution in [-0.2, 0) is 11.3 Å². The summed E-state index contributed by atoms with van der Waals surface area (Å²) in [4.78, 5) is 12.9. The number of ether oxygens (including phenoxy) is 1. The molecule has 1 heterocycles. The molecule has 20 heavy (non-hydrogen) atoms. The van der Waals surface area contributed by atoms with Crippen LogP contribution in [0.25, 0.3) is 0 Å². The van der Waals surface area contributed by atoms with Crippen molar-refractivity contribution >= 4 is 21.6 Å². The molecule has 1 aliphatic rings. The summed E-state index contributed by atoms with van der Waals surface area (Å²) in [5.41, 5.74) is 0.859. The second kappa shape index (κ2) is 5.79. The second-order valence-corrected chi connectivity index (χ2v) is 6.66. The summed E-state index contributed by atoms with van der Waals surface area (Å²) in [6.07, 6.45) is 0.163. The molecule has 1 unspecified atom stereocenters. The fourth-order valence-electron chi connectivity index (χ4n) is 2.78. The molecule has 0 aromatic heterocycles. The number of morpholine rings is 1. The van der Waals surface area contributed by atoms with Crippen LogP contribution in [0.5, 0.6) is 0 Å². The van der Waals surface area contributed by atoms with Gasteiger partial charge < -0.3 is 4.74 Å². The highest BCUT2D eigenvalue weighted by atomic mass is 79.9. The molecule has 5 nitrogen and oxygen atoms in total. The van der Waals surface area contributed by atoms with E-state index in [-0.39, 0.29) is 22.3 Å². The third kappa shape index (κ3) is 3.56. The lowest BCUT2D eigenvalue weighted by molar-refractivity contribution is -0.385.